The van der Waals surface area contributed by atoms with E-state index >= 15 is 0 Å². The summed E-state index contributed by atoms with van der Waals surface area (Å²) in [4.78, 5) is 24.3. The van der Waals surface area contributed by atoms with Gasteiger partial charge < -0.3 is 19.5 Å². The maximum absolute atomic E-state index is 13.8. The second-order valence-electron chi connectivity index (χ2n) is 5.05. The molecule has 1 fully saturated rings. The molecule has 0 aromatic heterocycles. The Bertz CT molecular complexity index is 557. The van der Waals surface area contributed by atoms with E-state index in [9.17, 15) is 14.0 Å². The van der Waals surface area contributed by atoms with Crippen molar-refractivity contribution in [1.82, 2.24) is 4.90 Å². The molecule has 1 N–H and O–H groups in total. The molecule has 1 saturated heterocycles. The molecule has 1 aromatic carbocycles. The van der Waals surface area contributed by atoms with Gasteiger partial charge in [0.25, 0.3) is 5.91 Å². The summed E-state index contributed by atoms with van der Waals surface area (Å²) in [5, 5.41) is 8.77. The van der Waals surface area contributed by atoms with Gasteiger partial charge in [0.1, 0.15) is 5.82 Å². The Morgan fingerprint density at radius 3 is 2.68 bits per heavy atom. The summed E-state index contributed by atoms with van der Waals surface area (Å²) in [6.07, 6.45) is 0.744. The Kier molecular flexibility index (Phi) is 5.46. The van der Waals surface area contributed by atoms with Gasteiger partial charge in [0.05, 0.1) is 17.2 Å². The van der Waals surface area contributed by atoms with E-state index in [1.807, 2.05) is 0 Å². The largest absolute Gasteiger partial charge is 0.478 e. The zero-order valence-electron chi connectivity index (χ0n) is 12.3. The van der Waals surface area contributed by atoms with E-state index in [-0.39, 0.29) is 17.2 Å². The molecule has 0 radical (unpaired) electrons. The molecule has 6 nitrogen and oxygen atoms in total. The van der Waals surface area contributed by atoms with Crippen molar-refractivity contribution in [3.05, 3.63) is 35.1 Å². The van der Waals surface area contributed by atoms with Crippen LogP contribution in [0.3, 0.4) is 0 Å². The molecule has 120 valence electrons. The summed E-state index contributed by atoms with van der Waals surface area (Å²) in [5.74, 6) is -2.51. The van der Waals surface area contributed by atoms with Crippen molar-refractivity contribution in [2.75, 3.05) is 33.4 Å². The second kappa shape index (κ2) is 7.33. The van der Waals surface area contributed by atoms with E-state index in [1.165, 1.54) is 17.0 Å². The number of carbonyl (C=O) groups excluding carboxylic acids is 1. The molecule has 7 heteroatoms. The Hall–Kier alpha value is -1.99. The van der Waals surface area contributed by atoms with Crippen molar-refractivity contribution in [3.63, 3.8) is 0 Å². The average molecular weight is 311 g/mol. The van der Waals surface area contributed by atoms with Crippen LogP contribution in [0.15, 0.2) is 18.2 Å². The molecule has 0 aliphatic carbocycles. The number of hydrogen-bond donors (Lipinski definition) is 1. The first-order valence-electron chi connectivity index (χ1n) is 6.95. The fourth-order valence-electron chi connectivity index (χ4n) is 2.15. The van der Waals surface area contributed by atoms with Crippen LogP contribution in [0.2, 0.25) is 0 Å². The van der Waals surface area contributed by atoms with Crippen LogP contribution in [-0.2, 0) is 9.47 Å². The van der Waals surface area contributed by atoms with Crippen molar-refractivity contribution in [2.24, 2.45) is 0 Å². The number of carbonyl (C=O) groups is 2. The number of methoxy groups -OCH3 is 1. The molecule has 2 rings (SSSR count). The van der Waals surface area contributed by atoms with E-state index in [0.717, 1.165) is 12.5 Å². The molecule has 1 aliphatic rings. The van der Waals surface area contributed by atoms with Crippen molar-refractivity contribution < 1.29 is 28.6 Å². The minimum Gasteiger partial charge on any atom is -0.478 e. The van der Waals surface area contributed by atoms with E-state index in [1.54, 1.807) is 7.11 Å². The van der Waals surface area contributed by atoms with Gasteiger partial charge >= 0.3 is 5.97 Å². The van der Waals surface area contributed by atoms with Crippen molar-refractivity contribution in [2.45, 2.75) is 12.5 Å². The van der Waals surface area contributed by atoms with Gasteiger partial charge in [-0.1, -0.05) is 0 Å². The zero-order chi connectivity index (χ0) is 16.1. The minimum absolute atomic E-state index is 0.0397. The molecule has 1 heterocycles. The highest BCUT2D eigenvalue weighted by molar-refractivity contribution is 5.96. The number of ether oxygens (including phenoxy) is 2. The predicted molar refractivity (Wildman–Crippen MR) is 75.5 cm³/mol. The van der Waals surface area contributed by atoms with Crippen LogP contribution in [-0.4, -0.2) is 61.4 Å². The lowest BCUT2D eigenvalue weighted by Gasteiger charge is -2.39. The quantitative estimate of drug-likeness (QED) is 0.770. The van der Waals surface area contributed by atoms with E-state index in [2.05, 4.69) is 0 Å². The van der Waals surface area contributed by atoms with E-state index in [0.29, 0.717) is 26.3 Å². The lowest BCUT2D eigenvalue weighted by molar-refractivity contribution is -0.0466. The van der Waals surface area contributed by atoms with Crippen LogP contribution in [0.1, 0.15) is 27.1 Å². The molecule has 0 spiro atoms. The molecule has 22 heavy (non-hydrogen) atoms. The van der Waals surface area contributed by atoms with E-state index in [4.69, 9.17) is 14.6 Å². The third kappa shape index (κ3) is 3.80. The first-order chi connectivity index (χ1) is 10.5. The Morgan fingerprint density at radius 1 is 1.36 bits per heavy atom. The monoisotopic (exact) mass is 311 g/mol. The van der Waals surface area contributed by atoms with Crippen LogP contribution in [0, 0.1) is 5.82 Å². The lowest BCUT2D eigenvalue weighted by Crippen LogP contribution is -2.55. The third-order valence-electron chi connectivity index (χ3n) is 3.43. The van der Waals surface area contributed by atoms with Crippen molar-refractivity contribution in [3.8, 4) is 0 Å². The number of halogens is 1. The molecule has 0 unspecified atom stereocenters. The fraction of sp³-hybridized carbons (Fsp3) is 0.467. The summed E-state index contributed by atoms with van der Waals surface area (Å²) in [6, 6.07) is 3.28. The number of hydrogen-bond acceptors (Lipinski definition) is 4. The average Bonchev–Trinajstić information content (AvgIpc) is 2.44. The molecular formula is C15H18FNO5. The van der Waals surface area contributed by atoms with Gasteiger partial charge in [-0.25, -0.2) is 9.18 Å². The van der Waals surface area contributed by atoms with Gasteiger partial charge in [-0.3, -0.25) is 4.79 Å². The molecule has 1 aliphatic heterocycles. The van der Waals surface area contributed by atoms with Crippen LogP contribution in [0.5, 0.6) is 0 Å². The number of likely N-dealkylation sites (tertiary alicyclic amines) is 1. The number of nitrogens with zero attached hydrogens (tertiary/aromatic N) is 1. The summed E-state index contributed by atoms with van der Waals surface area (Å²) in [5.41, 5.74) is -0.306. The van der Waals surface area contributed by atoms with Gasteiger partial charge in [-0.05, 0) is 24.6 Å². The summed E-state index contributed by atoms with van der Waals surface area (Å²) in [7, 11) is 1.62. The summed E-state index contributed by atoms with van der Waals surface area (Å²) in [6.45, 7) is 2.00. The second-order valence-corrected chi connectivity index (χ2v) is 5.05. The zero-order valence-corrected chi connectivity index (χ0v) is 12.3. The van der Waals surface area contributed by atoms with Gasteiger partial charge in [-0.2, -0.15) is 0 Å². The predicted octanol–water partition coefficient (Wildman–Crippen LogP) is 1.40. The maximum Gasteiger partial charge on any atom is 0.335 e. The highest BCUT2D eigenvalue weighted by Gasteiger charge is 2.33. The number of carboxylic acids is 1. The van der Waals surface area contributed by atoms with Gasteiger partial charge in [-0.15, -0.1) is 0 Å². The standard InChI is InChI=1S/C15H18FNO5/c1-21-5-2-6-22-11-8-17(9-11)14(18)12-4-3-10(15(19)20)7-13(12)16/h3-4,7,11H,2,5-6,8-9H2,1H3,(H,19,20). The number of aromatic carboxylic acids is 1. The molecule has 1 amide bonds. The third-order valence-corrected chi connectivity index (χ3v) is 3.43. The van der Waals surface area contributed by atoms with Gasteiger partial charge in [0.15, 0.2) is 0 Å². The molecule has 0 atom stereocenters. The lowest BCUT2D eigenvalue weighted by atomic mass is 10.1. The normalized spacial score (nSPS) is 14.7. The molecular weight excluding hydrogens is 293 g/mol. The Balaban J connectivity index is 1.85. The highest BCUT2D eigenvalue weighted by atomic mass is 19.1. The Labute approximate surface area is 127 Å². The Morgan fingerprint density at radius 2 is 2.09 bits per heavy atom. The topological polar surface area (TPSA) is 76.1 Å². The van der Waals surface area contributed by atoms with Crippen molar-refractivity contribution in [1.29, 1.82) is 0 Å². The number of carboxylic acid groups (broad SMARTS) is 1. The summed E-state index contributed by atoms with van der Waals surface area (Å²) < 4.78 is 24.2. The minimum atomic E-state index is -1.23. The van der Waals surface area contributed by atoms with Crippen molar-refractivity contribution >= 4 is 11.9 Å². The molecule has 1 aromatic rings. The fourth-order valence-corrected chi connectivity index (χ4v) is 2.15. The van der Waals surface area contributed by atoms with Gasteiger partial charge in [0.2, 0.25) is 0 Å². The first kappa shape index (κ1) is 16.4. The smallest absolute Gasteiger partial charge is 0.335 e. The van der Waals surface area contributed by atoms with Crippen LogP contribution in [0.25, 0.3) is 0 Å². The summed E-state index contributed by atoms with van der Waals surface area (Å²) >= 11 is 0. The molecule has 0 saturated carbocycles. The maximum atomic E-state index is 13.8. The SMILES string of the molecule is COCCCOC1CN(C(=O)c2ccc(C(=O)O)cc2F)C1. The van der Waals surface area contributed by atoms with Crippen LogP contribution < -0.4 is 0 Å². The number of rotatable bonds is 7. The first-order valence-corrected chi connectivity index (χ1v) is 6.95. The highest BCUT2D eigenvalue weighted by Crippen LogP contribution is 2.19. The number of benzene rings is 1. The van der Waals surface area contributed by atoms with E-state index < -0.39 is 17.7 Å². The number of amides is 1. The van der Waals surface area contributed by atoms with Crippen LogP contribution in [0.4, 0.5) is 4.39 Å². The molecule has 0 bridgehead atoms. The van der Waals surface area contributed by atoms with Crippen LogP contribution >= 0.6 is 0 Å². The van der Waals surface area contributed by atoms with Gasteiger partial charge in [0, 0.05) is 33.4 Å².